The highest BCUT2D eigenvalue weighted by Crippen LogP contribution is 2.37. The van der Waals surface area contributed by atoms with Crippen LogP contribution in [-0.2, 0) is 4.74 Å². The van der Waals surface area contributed by atoms with E-state index in [4.69, 9.17) is 4.74 Å². The Morgan fingerprint density at radius 2 is 1.82 bits per heavy atom. The van der Waals surface area contributed by atoms with E-state index in [-0.39, 0.29) is 18.6 Å². The van der Waals surface area contributed by atoms with Crippen molar-refractivity contribution in [1.29, 1.82) is 0 Å². The minimum atomic E-state index is -0.434. The van der Waals surface area contributed by atoms with Gasteiger partial charge in [0.15, 0.2) is 0 Å². The maximum Gasteiger partial charge on any atom is 0.410 e. The van der Waals surface area contributed by atoms with Crippen LogP contribution in [0, 0.1) is 5.92 Å². The molecule has 2 bridgehead atoms. The average Bonchev–Trinajstić information content (AvgIpc) is 2.68. The fraction of sp³-hybridized carbons (Fsp3) is 0.941. The number of carbonyl (C=O) groups is 1. The van der Waals surface area contributed by atoms with Crippen LogP contribution in [0.15, 0.2) is 0 Å². The van der Waals surface area contributed by atoms with Gasteiger partial charge < -0.3 is 20.1 Å². The van der Waals surface area contributed by atoms with Crippen LogP contribution in [0.3, 0.4) is 0 Å². The summed E-state index contributed by atoms with van der Waals surface area (Å²) in [6.45, 7) is 10.1. The molecule has 0 spiro atoms. The Morgan fingerprint density at radius 1 is 1.27 bits per heavy atom. The molecule has 2 rings (SSSR count). The van der Waals surface area contributed by atoms with Crippen molar-refractivity contribution in [1.82, 2.24) is 10.2 Å². The zero-order chi connectivity index (χ0) is 16.5. The van der Waals surface area contributed by atoms with Gasteiger partial charge in [-0.3, -0.25) is 0 Å². The van der Waals surface area contributed by atoms with Gasteiger partial charge in [0.25, 0.3) is 0 Å². The molecule has 2 saturated heterocycles. The SMILES string of the molecule is CC(CO)C(C)NC1CC2CCC(C1)N2C(=O)OC(C)(C)C. The highest BCUT2D eigenvalue weighted by Gasteiger charge is 2.45. The topological polar surface area (TPSA) is 61.8 Å². The van der Waals surface area contributed by atoms with Gasteiger partial charge in [0.1, 0.15) is 5.60 Å². The lowest BCUT2D eigenvalue weighted by molar-refractivity contribution is 0.00395. The van der Waals surface area contributed by atoms with E-state index in [0.29, 0.717) is 24.2 Å². The Morgan fingerprint density at radius 3 is 2.27 bits per heavy atom. The number of nitrogens with zero attached hydrogens (tertiary/aromatic N) is 1. The summed E-state index contributed by atoms with van der Waals surface area (Å²) in [6.07, 6.45) is 3.96. The van der Waals surface area contributed by atoms with Crippen LogP contribution in [0.4, 0.5) is 4.79 Å². The van der Waals surface area contributed by atoms with Gasteiger partial charge in [0.2, 0.25) is 0 Å². The fourth-order valence-electron chi connectivity index (χ4n) is 3.62. The number of amides is 1. The van der Waals surface area contributed by atoms with Crippen LogP contribution in [0.5, 0.6) is 0 Å². The third-order valence-electron chi connectivity index (χ3n) is 4.98. The van der Waals surface area contributed by atoms with Crippen molar-refractivity contribution in [3.05, 3.63) is 0 Å². The summed E-state index contributed by atoms with van der Waals surface area (Å²) < 4.78 is 5.56. The number of piperidine rings is 1. The Hall–Kier alpha value is -0.810. The second-order valence-electron chi connectivity index (χ2n) is 8.06. The van der Waals surface area contributed by atoms with Gasteiger partial charge >= 0.3 is 6.09 Å². The zero-order valence-electron chi connectivity index (χ0n) is 14.6. The quantitative estimate of drug-likeness (QED) is 0.837. The van der Waals surface area contributed by atoms with Crippen molar-refractivity contribution in [2.24, 2.45) is 5.92 Å². The highest BCUT2D eigenvalue weighted by molar-refractivity contribution is 5.69. The first-order valence-electron chi connectivity index (χ1n) is 8.59. The zero-order valence-corrected chi connectivity index (χ0v) is 14.6. The summed E-state index contributed by atoms with van der Waals surface area (Å²) in [4.78, 5) is 14.4. The van der Waals surface area contributed by atoms with Crippen LogP contribution in [0.1, 0.15) is 60.3 Å². The smallest absolute Gasteiger partial charge is 0.410 e. The predicted octanol–water partition coefficient (Wildman–Crippen LogP) is 2.52. The second-order valence-corrected chi connectivity index (χ2v) is 8.06. The van der Waals surface area contributed by atoms with E-state index in [1.54, 1.807) is 0 Å². The fourth-order valence-corrected chi connectivity index (χ4v) is 3.62. The number of rotatable bonds is 4. The molecule has 128 valence electrons. The molecule has 0 aliphatic carbocycles. The largest absolute Gasteiger partial charge is 0.444 e. The van der Waals surface area contributed by atoms with Crippen molar-refractivity contribution in [3.63, 3.8) is 0 Å². The normalized spacial score (nSPS) is 31.0. The van der Waals surface area contributed by atoms with E-state index >= 15 is 0 Å². The molecule has 2 fully saturated rings. The third kappa shape index (κ3) is 4.13. The molecule has 0 radical (unpaired) electrons. The molecule has 1 amide bonds. The van der Waals surface area contributed by atoms with Gasteiger partial charge in [0.05, 0.1) is 0 Å². The lowest BCUT2D eigenvalue weighted by atomic mass is 9.95. The van der Waals surface area contributed by atoms with Crippen molar-refractivity contribution >= 4 is 6.09 Å². The van der Waals surface area contributed by atoms with Crippen molar-refractivity contribution in [3.8, 4) is 0 Å². The molecule has 22 heavy (non-hydrogen) atoms. The predicted molar refractivity (Wildman–Crippen MR) is 86.8 cm³/mol. The van der Waals surface area contributed by atoms with E-state index < -0.39 is 5.60 Å². The number of nitrogens with one attached hydrogen (secondary N) is 1. The molecule has 5 heteroatoms. The van der Waals surface area contributed by atoms with Crippen molar-refractivity contribution < 1.29 is 14.6 Å². The lowest BCUT2D eigenvalue weighted by Crippen LogP contribution is -2.54. The monoisotopic (exact) mass is 312 g/mol. The molecule has 2 heterocycles. The maximum absolute atomic E-state index is 12.4. The van der Waals surface area contributed by atoms with E-state index in [1.165, 1.54) is 0 Å². The van der Waals surface area contributed by atoms with Gasteiger partial charge in [-0.2, -0.15) is 0 Å². The molecule has 0 aromatic heterocycles. The summed E-state index contributed by atoms with van der Waals surface area (Å²) in [5, 5.41) is 12.9. The number of hydrogen-bond acceptors (Lipinski definition) is 4. The lowest BCUT2D eigenvalue weighted by Gasteiger charge is -2.41. The summed E-state index contributed by atoms with van der Waals surface area (Å²) >= 11 is 0. The molecule has 2 aliphatic rings. The van der Waals surface area contributed by atoms with Crippen LogP contribution in [-0.4, -0.2) is 52.5 Å². The molecule has 0 saturated carbocycles. The van der Waals surface area contributed by atoms with Crippen LogP contribution in [0.2, 0.25) is 0 Å². The van der Waals surface area contributed by atoms with Crippen LogP contribution in [0.25, 0.3) is 0 Å². The number of aliphatic hydroxyl groups is 1. The minimum absolute atomic E-state index is 0.157. The minimum Gasteiger partial charge on any atom is -0.444 e. The molecule has 4 atom stereocenters. The van der Waals surface area contributed by atoms with Crippen LogP contribution < -0.4 is 5.32 Å². The van der Waals surface area contributed by atoms with E-state index in [2.05, 4.69) is 19.2 Å². The van der Waals surface area contributed by atoms with E-state index in [1.807, 2.05) is 25.7 Å². The third-order valence-corrected chi connectivity index (χ3v) is 4.98. The first-order valence-corrected chi connectivity index (χ1v) is 8.59. The number of carbonyl (C=O) groups excluding carboxylic acids is 1. The Bertz CT molecular complexity index is 380. The first-order chi connectivity index (χ1) is 10.2. The first kappa shape index (κ1) is 17.5. The molecule has 5 nitrogen and oxygen atoms in total. The van der Waals surface area contributed by atoms with E-state index in [9.17, 15) is 9.90 Å². The maximum atomic E-state index is 12.4. The molecule has 4 unspecified atom stereocenters. The van der Waals surface area contributed by atoms with Crippen LogP contribution >= 0.6 is 0 Å². The van der Waals surface area contributed by atoms with Crippen molar-refractivity contribution in [2.75, 3.05) is 6.61 Å². The van der Waals surface area contributed by atoms with Crippen molar-refractivity contribution in [2.45, 2.75) is 90.1 Å². The average molecular weight is 312 g/mol. The van der Waals surface area contributed by atoms with Gasteiger partial charge in [-0.05, 0) is 59.3 Å². The number of ether oxygens (including phenoxy) is 1. The summed E-state index contributed by atoms with van der Waals surface area (Å²) in [5.41, 5.74) is -0.434. The van der Waals surface area contributed by atoms with Gasteiger partial charge in [-0.15, -0.1) is 0 Å². The molecule has 2 N–H and O–H groups in total. The molecular weight excluding hydrogens is 280 g/mol. The summed E-state index contributed by atoms with van der Waals surface area (Å²) in [5.74, 6) is 0.251. The Balaban J connectivity index is 1.93. The van der Waals surface area contributed by atoms with Gasteiger partial charge in [0, 0.05) is 30.8 Å². The second kappa shape index (κ2) is 6.75. The van der Waals surface area contributed by atoms with Gasteiger partial charge in [-0.25, -0.2) is 4.79 Å². The number of fused-ring (bicyclic) bond motifs is 2. The molecular formula is C17H32N2O3. The molecule has 0 aromatic carbocycles. The summed E-state index contributed by atoms with van der Waals surface area (Å²) in [7, 11) is 0. The molecule has 0 aromatic rings. The van der Waals surface area contributed by atoms with Gasteiger partial charge in [-0.1, -0.05) is 6.92 Å². The van der Waals surface area contributed by atoms with E-state index in [0.717, 1.165) is 25.7 Å². The standard InChI is InChI=1S/C17H32N2O3/c1-11(10-20)12(2)18-13-8-14-6-7-15(9-13)19(14)16(21)22-17(3,4)5/h11-15,18,20H,6-10H2,1-5H3. The summed E-state index contributed by atoms with van der Waals surface area (Å²) in [6, 6.07) is 1.31. The Kier molecular flexibility index (Phi) is 5.38. The molecule has 2 aliphatic heterocycles. The number of hydrogen-bond donors (Lipinski definition) is 2. The Labute approximate surface area is 134 Å². The number of aliphatic hydroxyl groups excluding tert-OH is 1. The highest BCUT2D eigenvalue weighted by atomic mass is 16.6.